The van der Waals surface area contributed by atoms with Gasteiger partial charge < -0.3 is 10.2 Å². The van der Waals surface area contributed by atoms with E-state index in [9.17, 15) is 9.18 Å². The van der Waals surface area contributed by atoms with Crippen molar-refractivity contribution in [3.05, 3.63) is 59.4 Å². The van der Waals surface area contributed by atoms with Gasteiger partial charge >= 0.3 is 0 Å². The van der Waals surface area contributed by atoms with E-state index < -0.39 is 0 Å². The molecule has 4 nitrogen and oxygen atoms in total. The normalized spacial score (nSPS) is 14.5. The molecule has 1 amide bonds. The molecule has 0 aliphatic carbocycles. The molecule has 26 heavy (non-hydrogen) atoms. The number of anilines is 1. The number of rotatable bonds is 5. The van der Waals surface area contributed by atoms with Crippen LogP contribution in [0.2, 0.25) is 0 Å². The van der Waals surface area contributed by atoms with E-state index in [4.69, 9.17) is 0 Å². The van der Waals surface area contributed by atoms with Crippen molar-refractivity contribution in [2.24, 2.45) is 5.92 Å². The summed E-state index contributed by atoms with van der Waals surface area (Å²) >= 11 is 1.68. The molecule has 6 heteroatoms. The lowest BCUT2D eigenvalue weighted by Gasteiger charge is -2.37. The zero-order chi connectivity index (χ0) is 18.1. The lowest BCUT2D eigenvalue weighted by molar-refractivity contribution is -0.125. The second kappa shape index (κ2) is 7.03. The third-order valence-corrected chi connectivity index (χ3v) is 5.76. The van der Waals surface area contributed by atoms with Crippen LogP contribution in [0.1, 0.15) is 11.1 Å². The largest absolute Gasteiger partial charge is 0.355 e. The first-order valence-electron chi connectivity index (χ1n) is 8.73. The molecule has 1 aromatic heterocycles. The first-order valence-corrected chi connectivity index (χ1v) is 9.54. The summed E-state index contributed by atoms with van der Waals surface area (Å²) < 4.78 is 14.1. The fourth-order valence-corrected chi connectivity index (χ4v) is 4.16. The molecule has 0 radical (unpaired) electrons. The van der Waals surface area contributed by atoms with Crippen molar-refractivity contribution in [3.8, 4) is 0 Å². The Labute approximate surface area is 155 Å². The SMILES string of the molecule is Cc1ccc2nc(N3CC(C(=O)NCCc4ccc(F)cc4)C3)sc2c1. The van der Waals surface area contributed by atoms with E-state index in [0.29, 0.717) is 26.1 Å². The van der Waals surface area contributed by atoms with Crippen LogP contribution < -0.4 is 10.2 Å². The molecule has 3 aromatic rings. The highest BCUT2D eigenvalue weighted by atomic mass is 32.1. The van der Waals surface area contributed by atoms with Gasteiger partial charge in [-0.2, -0.15) is 0 Å². The van der Waals surface area contributed by atoms with Crippen LogP contribution in [-0.4, -0.2) is 30.5 Å². The van der Waals surface area contributed by atoms with E-state index in [2.05, 4.69) is 34.3 Å². The second-order valence-corrected chi connectivity index (χ2v) is 7.75. The molecular formula is C20H20FN3OS. The molecule has 1 aliphatic heterocycles. The molecule has 0 atom stereocenters. The number of aromatic nitrogens is 1. The van der Waals surface area contributed by atoms with Crippen molar-refractivity contribution in [3.63, 3.8) is 0 Å². The predicted molar refractivity (Wildman–Crippen MR) is 103 cm³/mol. The molecule has 2 heterocycles. The Hall–Kier alpha value is -2.47. The molecule has 0 saturated carbocycles. The van der Waals surface area contributed by atoms with Gasteiger partial charge in [0.2, 0.25) is 5.91 Å². The number of thiazole rings is 1. The first kappa shape index (κ1) is 17.0. The van der Waals surface area contributed by atoms with Crippen molar-refractivity contribution in [2.75, 3.05) is 24.5 Å². The number of hydrogen-bond acceptors (Lipinski definition) is 4. The molecule has 1 fully saturated rings. The number of benzene rings is 2. The van der Waals surface area contributed by atoms with Crippen molar-refractivity contribution in [1.82, 2.24) is 10.3 Å². The third-order valence-electron chi connectivity index (χ3n) is 4.68. The van der Waals surface area contributed by atoms with Gasteiger partial charge in [0, 0.05) is 19.6 Å². The molecule has 134 valence electrons. The third kappa shape index (κ3) is 3.55. The minimum atomic E-state index is -0.239. The zero-order valence-corrected chi connectivity index (χ0v) is 15.4. The van der Waals surface area contributed by atoms with E-state index in [1.54, 1.807) is 23.5 Å². The Morgan fingerprint density at radius 3 is 2.81 bits per heavy atom. The van der Waals surface area contributed by atoms with Crippen LogP contribution in [-0.2, 0) is 11.2 Å². The lowest BCUT2D eigenvalue weighted by atomic mass is 10.00. The van der Waals surface area contributed by atoms with Gasteiger partial charge in [0.15, 0.2) is 5.13 Å². The van der Waals surface area contributed by atoms with Gasteiger partial charge in [-0.05, 0) is 48.7 Å². The van der Waals surface area contributed by atoms with Crippen LogP contribution in [0, 0.1) is 18.7 Å². The van der Waals surface area contributed by atoms with Gasteiger partial charge in [-0.1, -0.05) is 29.5 Å². The fourth-order valence-electron chi connectivity index (χ4n) is 3.08. The van der Waals surface area contributed by atoms with Crippen LogP contribution in [0.5, 0.6) is 0 Å². The number of carbonyl (C=O) groups is 1. The summed E-state index contributed by atoms with van der Waals surface area (Å²) in [6, 6.07) is 12.7. The Balaban J connectivity index is 1.26. The van der Waals surface area contributed by atoms with Gasteiger partial charge in [0.25, 0.3) is 0 Å². The highest BCUT2D eigenvalue weighted by molar-refractivity contribution is 7.22. The smallest absolute Gasteiger partial charge is 0.226 e. The number of aryl methyl sites for hydroxylation is 1. The molecule has 1 aliphatic rings. The van der Waals surface area contributed by atoms with Crippen LogP contribution in [0.15, 0.2) is 42.5 Å². The summed E-state index contributed by atoms with van der Waals surface area (Å²) in [5, 5.41) is 3.96. The summed E-state index contributed by atoms with van der Waals surface area (Å²) in [6.45, 7) is 4.07. The van der Waals surface area contributed by atoms with Crippen molar-refractivity contribution in [1.29, 1.82) is 0 Å². The van der Waals surface area contributed by atoms with Crippen molar-refractivity contribution < 1.29 is 9.18 Å². The number of halogens is 1. The molecule has 1 N–H and O–H groups in total. The van der Waals surface area contributed by atoms with Gasteiger partial charge in [-0.3, -0.25) is 4.79 Å². The average Bonchev–Trinajstić information content (AvgIpc) is 2.97. The topological polar surface area (TPSA) is 45.2 Å². The molecule has 1 saturated heterocycles. The number of amides is 1. The number of fused-ring (bicyclic) bond motifs is 1. The summed E-state index contributed by atoms with van der Waals surface area (Å²) in [6.07, 6.45) is 0.708. The maximum Gasteiger partial charge on any atom is 0.226 e. The Morgan fingerprint density at radius 2 is 2.04 bits per heavy atom. The van der Waals surface area contributed by atoms with E-state index in [1.807, 2.05) is 6.07 Å². The van der Waals surface area contributed by atoms with Gasteiger partial charge in [-0.25, -0.2) is 9.37 Å². The maximum absolute atomic E-state index is 12.9. The molecule has 4 rings (SSSR count). The van der Waals surface area contributed by atoms with E-state index in [-0.39, 0.29) is 17.6 Å². The zero-order valence-electron chi connectivity index (χ0n) is 14.5. The van der Waals surface area contributed by atoms with Crippen LogP contribution >= 0.6 is 11.3 Å². The number of nitrogens with one attached hydrogen (secondary N) is 1. The summed E-state index contributed by atoms with van der Waals surface area (Å²) in [5.41, 5.74) is 3.27. The average molecular weight is 369 g/mol. The van der Waals surface area contributed by atoms with Crippen LogP contribution in [0.3, 0.4) is 0 Å². The Morgan fingerprint density at radius 1 is 1.27 bits per heavy atom. The monoisotopic (exact) mass is 369 g/mol. The van der Waals surface area contributed by atoms with Gasteiger partial charge in [0.1, 0.15) is 5.82 Å². The molecule has 0 bridgehead atoms. The molecule has 2 aromatic carbocycles. The van der Waals surface area contributed by atoms with Crippen molar-refractivity contribution >= 4 is 32.6 Å². The highest BCUT2D eigenvalue weighted by Gasteiger charge is 2.34. The van der Waals surface area contributed by atoms with Gasteiger partial charge in [-0.15, -0.1) is 0 Å². The van der Waals surface area contributed by atoms with E-state index in [0.717, 1.165) is 16.2 Å². The minimum Gasteiger partial charge on any atom is -0.355 e. The van der Waals surface area contributed by atoms with Gasteiger partial charge in [0.05, 0.1) is 16.1 Å². The number of carbonyl (C=O) groups excluding carboxylic acids is 1. The number of nitrogens with zero attached hydrogens (tertiary/aromatic N) is 2. The molecule has 0 spiro atoms. The number of hydrogen-bond donors (Lipinski definition) is 1. The van der Waals surface area contributed by atoms with E-state index in [1.165, 1.54) is 22.4 Å². The summed E-state index contributed by atoms with van der Waals surface area (Å²) in [7, 11) is 0. The first-order chi connectivity index (χ1) is 12.6. The highest BCUT2D eigenvalue weighted by Crippen LogP contribution is 2.33. The fraction of sp³-hybridized carbons (Fsp3) is 0.300. The summed E-state index contributed by atoms with van der Waals surface area (Å²) in [5.74, 6) is -0.144. The second-order valence-electron chi connectivity index (χ2n) is 6.74. The summed E-state index contributed by atoms with van der Waals surface area (Å²) in [4.78, 5) is 19.1. The Kier molecular flexibility index (Phi) is 4.59. The minimum absolute atomic E-state index is 0.0111. The van der Waals surface area contributed by atoms with E-state index >= 15 is 0 Å². The predicted octanol–water partition coefficient (Wildman–Crippen LogP) is 3.54. The van der Waals surface area contributed by atoms with Crippen LogP contribution in [0.25, 0.3) is 10.2 Å². The quantitative estimate of drug-likeness (QED) is 0.748. The maximum atomic E-state index is 12.9. The van der Waals surface area contributed by atoms with Crippen LogP contribution in [0.4, 0.5) is 9.52 Å². The lowest BCUT2D eigenvalue weighted by Crippen LogP contribution is -2.54. The van der Waals surface area contributed by atoms with Crippen molar-refractivity contribution in [2.45, 2.75) is 13.3 Å². The Bertz CT molecular complexity index is 932. The molecule has 0 unspecified atom stereocenters. The standard InChI is InChI=1S/C20H20FN3OS/c1-13-2-7-17-18(10-13)26-20(23-17)24-11-15(12-24)19(25)22-9-8-14-3-5-16(21)6-4-14/h2-7,10,15H,8-9,11-12H2,1H3,(H,22,25). The molecular weight excluding hydrogens is 349 g/mol.